The van der Waals surface area contributed by atoms with Crippen molar-refractivity contribution in [3.63, 3.8) is 0 Å². The van der Waals surface area contributed by atoms with E-state index in [0.717, 1.165) is 11.3 Å². The Balaban J connectivity index is 1.40. The van der Waals surface area contributed by atoms with Gasteiger partial charge >= 0.3 is 0 Å². The van der Waals surface area contributed by atoms with Gasteiger partial charge in [-0.25, -0.2) is 4.98 Å². The van der Waals surface area contributed by atoms with Gasteiger partial charge < -0.3 is 19.7 Å². The summed E-state index contributed by atoms with van der Waals surface area (Å²) in [5.41, 5.74) is 0.667. The van der Waals surface area contributed by atoms with Gasteiger partial charge in [0.25, 0.3) is 5.56 Å². The zero-order valence-corrected chi connectivity index (χ0v) is 21.7. The quantitative estimate of drug-likeness (QED) is 0.487. The summed E-state index contributed by atoms with van der Waals surface area (Å²) in [6, 6.07) is 12.9. The smallest absolute Gasteiger partial charge is 0.260 e. The van der Waals surface area contributed by atoms with E-state index < -0.39 is 11.5 Å². The lowest BCUT2D eigenvalue weighted by Crippen LogP contribution is -2.53. The molecule has 2 aromatic carbocycles. The third kappa shape index (κ3) is 5.02. The van der Waals surface area contributed by atoms with Crippen LogP contribution in [0.5, 0.6) is 11.5 Å². The number of hydrogen-bond acceptors (Lipinski definition) is 8. The Morgan fingerprint density at radius 3 is 2.49 bits per heavy atom. The SMILES string of the molecule is COc1cc2nc(N3CCC(Cc4ccccc4)(C(=O)NC4CCSC4=O)CC3)[nH]c(=O)c2cc1OC. The minimum atomic E-state index is -0.654. The van der Waals surface area contributed by atoms with Gasteiger partial charge in [-0.3, -0.25) is 19.4 Å². The lowest BCUT2D eigenvalue weighted by Gasteiger charge is -2.41. The van der Waals surface area contributed by atoms with Gasteiger partial charge in [0.2, 0.25) is 17.0 Å². The summed E-state index contributed by atoms with van der Waals surface area (Å²) in [6.07, 6.45) is 2.38. The van der Waals surface area contributed by atoms with Crippen LogP contribution < -0.4 is 25.2 Å². The van der Waals surface area contributed by atoms with Crippen LogP contribution in [0.25, 0.3) is 10.9 Å². The van der Waals surface area contributed by atoms with Crippen LogP contribution in [0.1, 0.15) is 24.8 Å². The molecule has 2 N–H and O–H groups in total. The maximum Gasteiger partial charge on any atom is 0.260 e. The van der Waals surface area contributed by atoms with E-state index in [4.69, 9.17) is 14.5 Å². The molecule has 1 atom stereocenters. The van der Waals surface area contributed by atoms with Crippen molar-refractivity contribution in [1.29, 1.82) is 0 Å². The second-order valence-corrected chi connectivity index (χ2v) is 10.6. The highest BCUT2D eigenvalue weighted by atomic mass is 32.2. The molecule has 5 rings (SSSR count). The molecule has 2 fully saturated rings. The highest BCUT2D eigenvalue weighted by Crippen LogP contribution is 2.38. The first-order valence-corrected chi connectivity index (χ1v) is 13.3. The second-order valence-electron chi connectivity index (χ2n) is 9.53. The van der Waals surface area contributed by atoms with E-state index in [1.54, 1.807) is 12.1 Å². The number of ether oxygens (including phenoxy) is 2. The summed E-state index contributed by atoms with van der Waals surface area (Å²) in [4.78, 5) is 48.3. The summed E-state index contributed by atoms with van der Waals surface area (Å²) < 4.78 is 10.7. The summed E-state index contributed by atoms with van der Waals surface area (Å²) in [7, 11) is 3.06. The van der Waals surface area contributed by atoms with Gasteiger partial charge in [-0.1, -0.05) is 42.1 Å². The van der Waals surface area contributed by atoms with E-state index in [1.807, 2.05) is 35.2 Å². The molecule has 2 saturated heterocycles. The van der Waals surface area contributed by atoms with Crippen LogP contribution in [0.2, 0.25) is 0 Å². The van der Waals surface area contributed by atoms with Crippen LogP contribution in [0.15, 0.2) is 47.3 Å². The second kappa shape index (κ2) is 10.5. The number of nitrogens with one attached hydrogen (secondary N) is 2. The fraction of sp³-hybridized carbons (Fsp3) is 0.407. The number of hydrogen-bond donors (Lipinski definition) is 2. The zero-order chi connectivity index (χ0) is 26.0. The first-order valence-electron chi connectivity index (χ1n) is 12.3. The number of nitrogens with zero attached hydrogens (tertiary/aromatic N) is 2. The van der Waals surface area contributed by atoms with Crippen molar-refractivity contribution in [1.82, 2.24) is 15.3 Å². The molecule has 0 aliphatic carbocycles. The van der Waals surface area contributed by atoms with Gasteiger partial charge in [0.05, 0.1) is 36.6 Å². The average molecular weight is 523 g/mol. The number of carbonyl (C=O) groups excluding carboxylic acids is 2. The predicted octanol–water partition coefficient (Wildman–Crippen LogP) is 2.92. The number of anilines is 1. The van der Waals surface area contributed by atoms with Crippen molar-refractivity contribution in [2.45, 2.75) is 31.7 Å². The van der Waals surface area contributed by atoms with Crippen LogP contribution in [0.4, 0.5) is 5.95 Å². The molecule has 1 amide bonds. The molecule has 3 aromatic rings. The molecule has 1 aromatic heterocycles. The van der Waals surface area contributed by atoms with Crippen molar-refractivity contribution in [3.05, 3.63) is 58.4 Å². The number of fused-ring (bicyclic) bond motifs is 1. The molecular weight excluding hydrogens is 492 g/mol. The molecule has 0 spiro atoms. The van der Waals surface area contributed by atoms with Gasteiger partial charge in [-0.05, 0) is 37.3 Å². The molecule has 10 heteroatoms. The number of aromatic nitrogens is 2. The summed E-state index contributed by atoms with van der Waals surface area (Å²) in [5, 5.41) is 3.49. The zero-order valence-electron chi connectivity index (χ0n) is 20.9. The Labute approximate surface area is 218 Å². The molecule has 0 saturated carbocycles. The van der Waals surface area contributed by atoms with Crippen molar-refractivity contribution in [2.75, 3.05) is 38.0 Å². The molecular formula is C27H30N4O5S. The standard InChI is InChI=1S/C27H30N4O5S/c1-35-21-14-18-20(15-22(21)36-2)29-26(30-23(18)32)31-11-9-27(10-12-31,16-17-6-4-3-5-7-17)25(34)28-19-8-13-37-24(19)33/h3-7,14-15,19H,8-13,16H2,1-2H3,(H,28,34)(H,29,30,32). The molecule has 2 aliphatic heterocycles. The van der Waals surface area contributed by atoms with Gasteiger partial charge in [0, 0.05) is 24.9 Å². The van der Waals surface area contributed by atoms with Crippen LogP contribution in [-0.2, 0) is 16.0 Å². The van der Waals surface area contributed by atoms with Crippen molar-refractivity contribution in [3.8, 4) is 11.5 Å². The van der Waals surface area contributed by atoms with Crippen LogP contribution >= 0.6 is 11.8 Å². The largest absolute Gasteiger partial charge is 0.493 e. The normalized spacial score (nSPS) is 19.1. The lowest BCUT2D eigenvalue weighted by molar-refractivity contribution is -0.134. The van der Waals surface area contributed by atoms with Crippen LogP contribution in [-0.4, -0.2) is 60.1 Å². The lowest BCUT2D eigenvalue weighted by atomic mass is 9.72. The average Bonchev–Trinajstić information content (AvgIpc) is 3.32. The first-order chi connectivity index (χ1) is 17.9. The van der Waals surface area contributed by atoms with Crippen molar-refractivity contribution < 1.29 is 19.1 Å². The van der Waals surface area contributed by atoms with Crippen molar-refractivity contribution in [2.24, 2.45) is 5.41 Å². The summed E-state index contributed by atoms with van der Waals surface area (Å²) in [6.45, 7) is 1.07. The number of amides is 1. The van der Waals surface area contributed by atoms with Gasteiger partial charge in [0.15, 0.2) is 11.5 Å². The molecule has 194 valence electrons. The monoisotopic (exact) mass is 522 g/mol. The van der Waals surface area contributed by atoms with E-state index in [9.17, 15) is 14.4 Å². The topological polar surface area (TPSA) is 114 Å². The number of rotatable bonds is 7. The highest BCUT2D eigenvalue weighted by Gasteiger charge is 2.43. The number of methoxy groups -OCH3 is 2. The number of aromatic amines is 1. The maximum atomic E-state index is 13.6. The highest BCUT2D eigenvalue weighted by molar-refractivity contribution is 8.14. The third-order valence-corrected chi connectivity index (χ3v) is 8.33. The van der Waals surface area contributed by atoms with Crippen LogP contribution in [0.3, 0.4) is 0 Å². The summed E-state index contributed by atoms with van der Waals surface area (Å²) in [5.74, 6) is 2.08. The molecule has 0 bridgehead atoms. The molecule has 3 heterocycles. The van der Waals surface area contributed by atoms with E-state index in [2.05, 4.69) is 10.3 Å². The fourth-order valence-corrected chi connectivity index (χ4v) is 6.09. The van der Waals surface area contributed by atoms with Gasteiger partial charge in [0.1, 0.15) is 0 Å². The van der Waals surface area contributed by atoms with E-state index in [1.165, 1.54) is 26.0 Å². The predicted molar refractivity (Wildman–Crippen MR) is 144 cm³/mol. The number of benzene rings is 2. The summed E-state index contributed by atoms with van der Waals surface area (Å²) >= 11 is 1.28. The third-order valence-electron chi connectivity index (χ3n) is 7.33. The fourth-order valence-electron chi connectivity index (χ4n) is 5.16. The Morgan fingerprint density at radius 2 is 1.84 bits per heavy atom. The minimum Gasteiger partial charge on any atom is -0.493 e. The maximum absolute atomic E-state index is 13.6. The Bertz CT molecular complexity index is 1370. The molecule has 0 radical (unpaired) electrons. The first kappa shape index (κ1) is 25.1. The number of carbonyl (C=O) groups is 2. The van der Waals surface area contributed by atoms with E-state index >= 15 is 0 Å². The number of H-pyrrole nitrogens is 1. The molecule has 9 nitrogen and oxygen atoms in total. The van der Waals surface area contributed by atoms with Gasteiger partial charge in [-0.15, -0.1) is 0 Å². The Kier molecular flexibility index (Phi) is 7.10. The number of piperidine rings is 1. The van der Waals surface area contributed by atoms with E-state index in [-0.39, 0.29) is 16.6 Å². The van der Waals surface area contributed by atoms with Crippen LogP contribution in [0, 0.1) is 5.41 Å². The number of thioether (sulfide) groups is 1. The van der Waals surface area contributed by atoms with E-state index in [0.29, 0.717) is 67.1 Å². The minimum absolute atomic E-state index is 0.0330. The molecule has 2 aliphatic rings. The van der Waals surface area contributed by atoms with Crippen molar-refractivity contribution >= 4 is 39.6 Å². The Morgan fingerprint density at radius 1 is 1.14 bits per heavy atom. The Hall–Kier alpha value is -3.53. The molecule has 1 unspecified atom stereocenters. The molecule has 37 heavy (non-hydrogen) atoms. The van der Waals surface area contributed by atoms with Gasteiger partial charge in [-0.2, -0.15) is 0 Å².